The number of hydrogen-bond donors (Lipinski definition) is 1. The van der Waals surface area contributed by atoms with Crippen LogP contribution >= 0.6 is 11.6 Å². The molecule has 2 aromatic rings. The third kappa shape index (κ3) is 4.54. The predicted octanol–water partition coefficient (Wildman–Crippen LogP) is 3.46. The average molecular weight is 409 g/mol. The van der Waals surface area contributed by atoms with Crippen LogP contribution in [-0.2, 0) is 21.2 Å². The fourth-order valence-corrected chi connectivity index (χ4v) is 4.03. The largest absolute Gasteiger partial charge is 0.478 e. The molecule has 3 rings (SSSR count). The number of amides is 1. The summed E-state index contributed by atoms with van der Waals surface area (Å²) in [5, 5.41) is 3.22. The number of aryl methyl sites for hydroxylation is 1. The first kappa shape index (κ1) is 19.5. The number of fused-ring (bicyclic) bond motifs is 1. The maximum atomic E-state index is 12.7. The molecule has 1 atom stereocenters. The normalized spacial score (nSPS) is 16.9. The van der Waals surface area contributed by atoms with E-state index in [-0.39, 0.29) is 18.9 Å². The van der Waals surface area contributed by atoms with E-state index in [9.17, 15) is 13.2 Å². The molecular formula is C19H21ClN2O4S. The van der Waals surface area contributed by atoms with Crippen LogP contribution in [0.1, 0.15) is 18.9 Å². The number of ether oxygens (including phenoxy) is 1. The fraction of sp³-hybridized carbons (Fsp3) is 0.316. The highest BCUT2D eigenvalue weighted by Gasteiger charge is 2.31. The lowest BCUT2D eigenvalue weighted by atomic mass is 10.1. The highest BCUT2D eigenvalue weighted by atomic mass is 35.5. The maximum absolute atomic E-state index is 12.7. The van der Waals surface area contributed by atoms with Gasteiger partial charge in [-0.2, -0.15) is 0 Å². The first-order valence-electron chi connectivity index (χ1n) is 8.61. The number of benzene rings is 2. The van der Waals surface area contributed by atoms with Crippen molar-refractivity contribution in [2.75, 3.05) is 22.4 Å². The lowest BCUT2D eigenvalue weighted by Crippen LogP contribution is -2.35. The van der Waals surface area contributed by atoms with Crippen molar-refractivity contribution in [3.05, 3.63) is 53.1 Å². The van der Waals surface area contributed by atoms with Crippen LogP contribution in [0.3, 0.4) is 0 Å². The average Bonchev–Trinajstić information content (AvgIpc) is 2.81. The van der Waals surface area contributed by atoms with Crippen LogP contribution in [0.2, 0.25) is 5.02 Å². The molecule has 1 aliphatic rings. The molecule has 0 saturated carbocycles. The summed E-state index contributed by atoms with van der Waals surface area (Å²) in [4.78, 5) is 12.7. The number of halogens is 1. The van der Waals surface area contributed by atoms with Crippen LogP contribution in [0.25, 0.3) is 0 Å². The smallest absolute Gasteiger partial charge is 0.265 e. The number of carbonyl (C=O) groups excluding carboxylic acids is 1. The molecule has 144 valence electrons. The summed E-state index contributed by atoms with van der Waals surface area (Å²) in [6.45, 7) is 2.18. The number of anilines is 2. The van der Waals surface area contributed by atoms with Crippen LogP contribution in [-0.4, -0.2) is 33.2 Å². The van der Waals surface area contributed by atoms with Crippen molar-refractivity contribution >= 4 is 38.9 Å². The molecule has 0 fully saturated rings. The summed E-state index contributed by atoms with van der Waals surface area (Å²) in [5.74, 6) is -0.0145. The number of sulfonamides is 1. The molecule has 0 unspecified atom stereocenters. The minimum Gasteiger partial charge on any atom is -0.478 e. The van der Waals surface area contributed by atoms with Gasteiger partial charge in [-0.3, -0.25) is 9.10 Å². The Morgan fingerprint density at radius 2 is 1.96 bits per heavy atom. The van der Waals surface area contributed by atoms with Crippen LogP contribution in [0, 0.1) is 0 Å². The third-order valence-electron chi connectivity index (χ3n) is 4.38. The van der Waals surface area contributed by atoms with Gasteiger partial charge in [0.25, 0.3) is 5.91 Å². The van der Waals surface area contributed by atoms with Gasteiger partial charge in [0.15, 0.2) is 6.10 Å². The molecule has 27 heavy (non-hydrogen) atoms. The molecule has 0 aliphatic carbocycles. The van der Waals surface area contributed by atoms with Crippen molar-refractivity contribution in [2.45, 2.75) is 25.9 Å². The van der Waals surface area contributed by atoms with E-state index in [1.165, 1.54) is 15.9 Å². The summed E-state index contributed by atoms with van der Waals surface area (Å²) in [7, 11) is -3.53. The summed E-state index contributed by atoms with van der Waals surface area (Å²) in [6.07, 6.45) is 1.44. The van der Waals surface area contributed by atoms with Crippen LogP contribution in [0.4, 0.5) is 11.4 Å². The fourth-order valence-electron chi connectivity index (χ4n) is 2.93. The van der Waals surface area contributed by atoms with Gasteiger partial charge in [-0.15, -0.1) is 0 Å². The molecule has 0 bridgehead atoms. The number of rotatable bonds is 4. The van der Waals surface area contributed by atoms with Gasteiger partial charge in [-0.1, -0.05) is 30.7 Å². The van der Waals surface area contributed by atoms with E-state index in [4.69, 9.17) is 16.3 Å². The van der Waals surface area contributed by atoms with E-state index in [0.717, 1.165) is 12.7 Å². The topological polar surface area (TPSA) is 75.7 Å². The Labute approximate surface area is 164 Å². The lowest BCUT2D eigenvalue weighted by molar-refractivity contribution is -0.122. The Balaban J connectivity index is 1.83. The molecule has 0 saturated heterocycles. The third-order valence-corrected chi connectivity index (χ3v) is 5.79. The summed E-state index contributed by atoms with van der Waals surface area (Å²) >= 11 is 6.02. The van der Waals surface area contributed by atoms with E-state index >= 15 is 0 Å². The zero-order chi connectivity index (χ0) is 19.6. The number of nitrogens with one attached hydrogen (secondary N) is 1. The SMILES string of the molecule is CCc1ccc(NC(=O)[C@H]2CCN(S(C)(=O)=O)c3cc(Cl)ccc3O2)cc1. The van der Waals surface area contributed by atoms with E-state index in [2.05, 4.69) is 12.2 Å². The molecule has 1 N–H and O–H groups in total. The number of hydrogen-bond acceptors (Lipinski definition) is 4. The van der Waals surface area contributed by atoms with E-state index in [0.29, 0.717) is 22.1 Å². The minimum absolute atomic E-state index is 0.124. The van der Waals surface area contributed by atoms with Crippen molar-refractivity contribution in [1.82, 2.24) is 0 Å². The Bertz CT molecular complexity index is 945. The molecule has 0 aromatic heterocycles. The van der Waals surface area contributed by atoms with E-state index in [1.54, 1.807) is 12.1 Å². The highest BCUT2D eigenvalue weighted by molar-refractivity contribution is 7.92. The molecule has 0 spiro atoms. The van der Waals surface area contributed by atoms with Crippen molar-refractivity contribution in [3.63, 3.8) is 0 Å². The summed E-state index contributed by atoms with van der Waals surface area (Å²) in [5.41, 5.74) is 2.18. The Hall–Kier alpha value is -2.25. The first-order valence-corrected chi connectivity index (χ1v) is 10.8. The standard InChI is InChI=1S/C19H21ClN2O4S/c1-3-13-4-7-15(8-5-13)21-19(23)18-10-11-22(27(2,24)25)16-12-14(20)6-9-17(16)26-18/h4-9,12,18H,3,10-11H2,1-2H3,(H,21,23)/t18-/m1/s1. The molecule has 1 heterocycles. The molecular weight excluding hydrogens is 388 g/mol. The maximum Gasteiger partial charge on any atom is 0.265 e. The highest BCUT2D eigenvalue weighted by Crippen LogP contribution is 2.36. The van der Waals surface area contributed by atoms with Crippen LogP contribution < -0.4 is 14.4 Å². The zero-order valence-electron chi connectivity index (χ0n) is 15.1. The number of carbonyl (C=O) groups is 1. The van der Waals surface area contributed by atoms with Crippen LogP contribution in [0.15, 0.2) is 42.5 Å². The van der Waals surface area contributed by atoms with Gasteiger partial charge in [-0.05, 0) is 42.3 Å². The second-order valence-electron chi connectivity index (χ2n) is 6.38. The molecule has 1 amide bonds. The zero-order valence-corrected chi connectivity index (χ0v) is 16.7. The quantitative estimate of drug-likeness (QED) is 0.840. The van der Waals surface area contributed by atoms with Crippen LogP contribution in [0.5, 0.6) is 5.75 Å². The predicted molar refractivity (Wildman–Crippen MR) is 107 cm³/mol. The van der Waals surface area contributed by atoms with Gasteiger partial charge in [-0.25, -0.2) is 8.42 Å². The van der Waals surface area contributed by atoms with Crippen molar-refractivity contribution < 1.29 is 17.9 Å². The monoisotopic (exact) mass is 408 g/mol. The first-order chi connectivity index (χ1) is 12.8. The van der Waals surface area contributed by atoms with Gasteiger partial charge < -0.3 is 10.1 Å². The van der Waals surface area contributed by atoms with Crippen molar-refractivity contribution in [3.8, 4) is 5.75 Å². The molecule has 1 aliphatic heterocycles. The van der Waals surface area contributed by atoms with Gasteiger partial charge in [0, 0.05) is 23.7 Å². The lowest BCUT2D eigenvalue weighted by Gasteiger charge is -2.21. The number of nitrogens with zero attached hydrogens (tertiary/aromatic N) is 1. The molecule has 8 heteroatoms. The Morgan fingerprint density at radius 3 is 2.59 bits per heavy atom. The minimum atomic E-state index is -3.53. The van der Waals surface area contributed by atoms with E-state index in [1.807, 2.05) is 24.3 Å². The van der Waals surface area contributed by atoms with Gasteiger partial charge >= 0.3 is 0 Å². The Kier molecular flexibility index (Phi) is 5.62. The molecule has 2 aromatic carbocycles. The molecule has 6 nitrogen and oxygen atoms in total. The summed E-state index contributed by atoms with van der Waals surface area (Å²) < 4.78 is 31.4. The molecule has 0 radical (unpaired) electrons. The van der Waals surface area contributed by atoms with Gasteiger partial charge in [0.2, 0.25) is 10.0 Å². The van der Waals surface area contributed by atoms with Gasteiger partial charge in [0.1, 0.15) is 5.75 Å². The van der Waals surface area contributed by atoms with Crippen molar-refractivity contribution in [1.29, 1.82) is 0 Å². The second-order valence-corrected chi connectivity index (χ2v) is 8.73. The second kappa shape index (κ2) is 7.78. The Morgan fingerprint density at radius 1 is 1.26 bits per heavy atom. The van der Waals surface area contributed by atoms with Crippen molar-refractivity contribution in [2.24, 2.45) is 0 Å². The van der Waals surface area contributed by atoms with Gasteiger partial charge in [0.05, 0.1) is 11.9 Å². The van der Waals surface area contributed by atoms with E-state index < -0.39 is 16.1 Å². The summed E-state index contributed by atoms with van der Waals surface area (Å²) in [6, 6.07) is 12.3.